The number of hydrogen-bond acceptors (Lipinski definition) is 3. The van der Waals surface area contributed by atoms with Crippen LogP contribution in [0.15, 0.2) is 54.6 Å². The molecule has 1 amide bonds. The number of carbonyl (C=O) groups is 1. The molecule has 0 aliphatic heterocycles. The maximum Gasteiger partial charge on any atom is 0.238 e. The topological polar surface area (TPSA) is 41.6 Å². The van der Waals surface area contributed by atoms with Gasteiger partial charge in [0.1, 0.15) is 5.75 Å². The van der Waals surface area contributed by atoms with Crippen LogP contribution in [0.1, 0.15) is 12.5 Å². The number of amides is 1. The first kappa shape index (κ1) is 16.0. The lowest BCUT2D eigenvalue weighted by Crippen LogP contribution is -2.29. The fraction of sp³-hybridized carbons (Fsp3) is 0.278. The van der Waals surface area contributed by atoms with Gasteiger partial charge in [0.05, 0.1) is 18.8 Å². The number of rotatable bonds is 7. The molecule has 0 radical (unpaired) electrons. The van der Waals surface area contributed by atoms with Gasteiger partial charge >= 0.3 is 0 Å². The van der Waals surface area contributed by atoms with Crippen LogP contribution in [0.3, 0.4) is 0 Å². The van der Waals surface area contributed by atoms with Crippen molar-refractivity contribution in [2.75, 3.05) is 25.5 Å². The highest BCUT2D eigenvalue weighted by molar-refractivity contribution is 5.93. The van der Waals surface area contributed by atoms with Gasteiger partial charge in [-0.3, -0.25) is 9.69 Å². The van der Waals surface area contributed by atoms with Gasteiger partial charge in [-0.05, 0) is 31.7 Å². The summed E-state index contributed by atoms with van der Waals surface area (Å²) in [5, 5.41) is 2.91. The molecule has 4 heteroatoms. The first-order valence-electron chi connectivity index (χ1n) is 7.43. The fourth-order valence-corrected chi connectivity index (χ4v) is 2.24. The van der Waals surface area contributed by atoms with Gasteiger partial charge in [-0.25, -0.2) is 0 Å². The summed E-state index contributed by atoms with van der Waals surface area (Å²) >= 11 is 0. The van der Waals surface area contributed by atoms with Crippen molar-refractivity contribution in [2.24, 2.45) is 0 Å². The Morgan fingerprint density at radius 3 is 2.50 bits per heavy atom. The maximum atomic E-state index is 12.2. The van der Waals surface area contributed by atoms with Gasteiger partial charge in [0.25, 0.3) is 0 Å². The highest BCUT2D eigenvalue weighted by atomic mass is 16.5. The molecular formula is C18H22N2O2. The molecule has 0 saturated heterocycles. The molecule has 0 unspecified atom stereocenters. The fourth-order valence-electron chi connectivity index (χ4n) is 2.24. The highest BCUT2D eigenvalue weighted by Crippen LogP contribution is 2.23. The van der Waals surface area contributed by atoms with Gasteiger partial charge in [-0.1, -0.05) is 42.5 Å². The Morgan fingerprint density at radius 2 is 1.77 bits per heavy atom. The van der Waals surface area contributed by atoms with Crippen LogP contribution in [0, 0.1) is 0 Å². The number of hydrogen-bond donors (Lipinski definition) is 1. The first-order chi connectivity index (χ1) is 10.7. The number of likely N-dealkylation sites (N-methyl/N-ethyl adjacent to an activating group) is 1. The van der Waals surface area contributed by atoms with E-state index in [2.05, 4.69) is 17.4 Å². The third kappa shape index (κ3) is 4.90. The SMILES string of the molecule is CCOc1ccccc1NC(=O)CN(C)Cc1ccccc1. The molecule has 4 nitrogen and oxygen atoms in total. The number of ether oxygens (including phenoxy) is 1. The van der Waals surface area contributed by atoms with Crippen LogP contribution >= 0.6 is 0 Å². The molecule has 2 rings (SSSR count). The molecule has 0 bridgehead atoms. The predicted octanol–water partition coefficient (Wildman–Crippen LogP) is 3.16. The summed E-state index contributed by atoms with van der Waals surface area (Å²) in [6.07, 6.45) is 0. The summed E-state index contributed by atoms with van der Waals surface area (Å²) < 4.78 is 5.51. The van der Waals surface area contributed by atoms with E-state index in [1.165, 1.54) is 5.56 Å². The normalized spacial score (nSPS) is 10.5. The lowest BCUT2D eigenvalue weighted by Gasteiger charge is -2.17. The number of nitrogens with one attached hydrogen (secondary N) is 1. The Kier molecular flexibility index (Phi) is 5.98. The second-order valence-corrected chi connectivity index (χ2v) is 5.14. The molecule has 2 aromatic rings. The number of para-hydroxylation sites is 2. The molecule has 0 spiro atoms. The third-order valence-electron chi connectivity index (χ3n) is 3.17. The summed E-state index contributed by atoms with van der Waals surface area (Å²) in [7, 11) is 1.93. The van der Waals surface area contributed by atoms with Gasteiger partial charge in [0.15, 0.2) is 0 Å². The monoisotopic (exact) mass is 298 g/mol. The van der Waals surface area contributed by atoms with E-state index in [1.807, 2.05) is 61.3 Å². The van der Waals surface area contributed by atoms with E-state index in [4.69, 9.17) is 4.74 Å². The molecular weight excluding hydrogens is 276 g/mol. The number of anilines is 1. The van der Waals surface area contributed by atoms with E-state index in [1.54, 1.807) is 0 Å². The van der Waals surface area contributed by atoms with Crippen molar-refractivity contribution < 1.29 is 9.53 Å². The average molecular weight is 298 g/mol. The molecule has 0 atom stereocenters. The van der Waals surface area contributed by atoms with Crippen LogP contribution in [0.2, 0.25) is 0 Å². The van der Waals surface area contributed by atoms with Crippen molar-refractivity contribution in [3.05, 3.63) is 60.2 Å². The molecule has 0 aliphatic rings. The van der Waals surface area contributed by atoms with Crippen molar-refractivity contribution in [1.82, 2.24) is 4.90 Å². The molecule has 1 N–H and O–H groups in total. The van der Waals surface area contributed by atoms with Gasteiger partial charge in [0, 0.05) is 6.54 Å². The van der Waals surface area contributed by atoms with Crippen molar-refractivity contribution >= 4 is 11.6 Å². The van der Waals surface area contributed by atoms with Crippen LogP contribution in [-0.2, 0) is 11.3 Å². The molecule has 116 valence electrons. The Bertz CT molecular complexity index is 599. The van der Waals surface area contributed by atoms with Crippen molar-refractivity contribution in [3.8, 4) is 5.75 Å². The van der Waals surface area contributed by atoms with Crippen LogP contribution in [0.5, 0.6) is 5.75 Å². The van der Waals surface area contributed by atoms with E-state index >= 15 is 0 Å². The summed E-state index contributed by atoms with van der Waals surface area (Å²) in [6, 6.07) is 17.6. The highest BCUT2D eigenvalue weighted by Gasteiger charge is 2.10. The number of carbonyl (C=O) groups excluding carboxylic acids is 1. The zero-order chi connectivity index (χ0) is 15.8. The lowest BCUT2D eigenvalue weighted by molar-refractivity contribution is -0.117. The average Bonchev–Trinajstić information content (AvgIpc) is 2.50. The third-order valence-corrected chi connectivity index (χ3v) is 3.17. The largest absolute Gasteiger partial charge is 0.492 e. The summed E-state index contributed by atoms with van der Waals surface area (Å²) in [6.45, 7) is 3.56. The summed E-state index contributed by atoms with van der Waals surface area (Å²) in [5.41, 5.74) is 1.90. The van der Waals surface area contributed by atoms with Crippen molar-refractivity contribution in [1.29, 1.82) is 0 Å². The summed E-state index contributed by atoms with van der Waals surface area (Å²) in [4.78, 5) is 14.1. The second kappa shape index (κ2) is 8.20. The zero-order valence-electron chi connectivity index (χ0n) is 13.1. The minimum atomic E-state index is -0.0504. The van der Waals surface area contributed by atoms with E-state index < -0.39 is 0 Å². The first-order valence-corrected chi connectivity index (χ1v) is 7.43. The molecule has 0 heterocycles. The lowest BCUT2D eigenvalue weighted by atomic mass is 10.2. The van der Waals surface area contributed by atoms with Crippen molar-refractivity contribution in [3.63, 3.8) is 0 Å². The molecule has 0 aromatic heterocycles. The van der Waals surface area contributed by atoms with Gasteiger partial charge < -0.3 is 10.1 Å². The minimum absolute atomic E-state index is 0.0504. The molecule has 2 aromatic carbocycles. The Morgan fingerprint density at radius 1 is 1.09 bits per heavy atom. The van der Waals surface area contributed by atoms with E-state index in [9.17, 15) is 4.79 Å². The van der Waals surface area contributed by atoms with E-state index in [0.717, 1.165) is 6.54 Å². The van der Waals surface area contributed by atoms with Crippen molar-refractivity contribution in [2.45, 2.75) is 13.5 Å². The van der Waals surface area contributed by atoms with E-state index in [0.29, 0.717) is 24.6 Å². The standard InChI is InChI=1S/C18H22N2O2/c1-3-22-17-12-8-7-11-16(17)19-18(21)14-20(2)13-15-9-5-4-6-10-15/h4-12H,3,13-14H2,1-2H3,(H,19,21). The quantitative estimate of drug-likeness (QED) is 0.853. The van der Waals surface area contributed by atoms with Crippen LogP contribution in [0.4, 0.5) is 5.69 Å². The van der Waals surface area contributed by atoms with Crippen LogP contribution < -0.4 is 10.1 Å². The smallest absolute Gasteiger partial charge is 0.238 e. The number of nitrogens with zero attached hydrogens (tertiary/aromatic N) is 1. The van der Waals surface area contributed by atoms with Crippen LogP contribution in [0.25, 0.3) is 0 Å². The van der Waals surface area contributed by atoms with E-state index in [-0.39, 0.29) is 5.91 Å². The maximum absolute atomic E-state index is 12.2. The minimum Gasteiger partial charge on any atom is -0.492 e. The Labute approximate surface area is 131 Å². The molecule has 0 saturated carbocycles. The zero-order valence-corrected chi connectivity index (χ0v) is 13.1. The molecule has 22 heavy (non-hydrogen) atoms. The van der Waals surface area contributed by atoms with Gasteiger partial charge in [-0.2, -0.15) is 0 Å². The summed E-state index contributed by atoms with van der Waals surface area (Å²) in [5.74, 6) is 0.648. The molecule has 0 aliphatic carbocycles. The van der Waals surface area contributed by atoms with Gasteiger partial charge in [0.2, 0.25) is 5.91 Å². The molecule has 0 fully saturated rings. The Balaban J connectivity index is 1.90. The number of benzene rings is 2. The Hall–Kier alpha value is -2.33. The van der Waals surface area contributed by atoms with Crippen LogP contribution in [-0.4, -0.2) is 31.0 Å². The van der Waals surface area contributed by atoms with Gasteiger partial charge in [-0.15, -0.1) is 0 Å². The second-order valence-electron chi connectivity index (χ2n) is 5.14. The predicted molar refractivity (Wildman–Crippen MR) is 89.0 cm³/mol.